The molecule has 33 heavy (non-hydrogen) atoms. The lowest BCUT2D eigenvalue weighted by molar-refractivity contribution is -0.143. The van der Waals surface area contributed by atoms with Crippen LogP contribution in [-0.2, 0) is 17.8 Å². The average Bonchev–Trinajstić information content (AvgIpc) is 2.87. The van der Waals surface area contributed by atoms with Gasteiger partial charge in [-0.15, -0.1) is 0 Å². The molecule has 1 saturated heterocycles. The van der Waals surface area contributed by atoms with Crippen molar-refractivity contribution < 1.29 is 19.4 Å². The van der Waals surface area contributed by atoms with Gasteiger partial charge in [0, 0.05) is 24.4 Å². The third-order valence-corrected chi connectivity index (χ3v) is 6.26. The summed E-state index contributed by atoms with van der Waals surface area (Å²) in [5, 5.41) is 9.39. The van der Waals surface area contributed by atoms with Gasteiger partial charge in [0.25, 0.3) is 0 Å². The summed E-state index contributed by atoms with van der Waals surface area (Å²) in [6.07, 6.45) is 3.86. The largest absolute Gasteiger partial charge is 0.493 e. The van der Waals surface area contributed by atoms with Crippen LogP contribution in [0.2, 0.25) is 0 Å². The van der Waals surface area contributed by atoms with Crippen molar-refractivity contribution in [1.29, 1.82) is 0 Å². The van der Waals surface area contributed by atoms with Gasteiger partial charge in [0.1, 0.15) is 6.61 Å². The number of carboxylic acid groups (broad SMARTS) is 1. The van der Waals surface area contributed by atoms with Crippen molar-refractivity contribution >= 4 is 5.97 Å². The number of piperidine rings is 1. The molecule has 1 aliphatic heterocycles. The van der Waals surface area contributed by atoms with Gasteiger partial charge >= 0.3 is 5.97 Å². The molecule has 1 N–H and O–H groups in total. The third kappa shape index (κ3) is 5.90. The lowest BCUT2D eigenvalue weighted by Crippen LogP contribution is -2.39. The van der Waals surface area contributed by atoms with Crippen molar-refractivity contribution in [3.8, 4) is 11.5 Å². The van der Waals surface area contributed by atoms with Gasteiger partial charge in [0.05, 0.1) is 13.0 Å². The van der Waals surface area contributed by atoms with Crippen LogP contribution < -0.4 is 9.47 Å². The Balaban J connectivity index is 1.55. The summed E-state index contributed by atoms with van der Waals surface area (Å²) in [7, 11) is 1.65. The SMILES string of the molecule is COc1cc(C(Cc2ccccn2)N2CCC(C(=O)O)CC2)ccc1OCc1ccccc1. The maximum absolute atomic E-state index is 11.4. The molecule has 0 spiro atoms. The van der Waals surface area contributed by atoms with Crippen molar-refractivity contribution in [3.05, 3.63) is 89.7 Å². The number of carbonyl (C=O) groups is 1. The number of rotatable bonds is 9. The molecule has 6 nitrogen and oxygen atoms in total. The van der Waals surface area contributed by atoms with Crippen LogP contribution in [-0.4, -0.2) is 41.2 Å². The first-order valence-corrected chi connectivity index (χ1v) is 11.4. The summed E-state index contributed by atoms with van der Waals surface area (Å²) in [5.41, 5.74) is 3.21. The van der Waals surface area contributed by atoms with Crippen LogP contribution in [0.25, 0.3) is 0 Å². The molecule has 0 bridgehead atoms. The van der Waals surface area contributed by atoms with Crippen LogP contribution in [0.3, 0.4) is 0 Å². The number of ether oxygens (including phenoxy) is 2. The molecule has 0 radical (unpaired) electrons. The van der Waals surface area contributed by atoms with Crippen LogP contribution in [0.5, 0.6) is 11.5 Å². The van der Waals surface area contributed by atoms with E-state index in [0.29, 0.717) is 30.9 Å². The van der Waals surface area contributed by atoms with Crippen molar-refractivity contribution in [2.24, 2.45) is 5.92 Å². The molecule has 1 atom stereocenters. The van der Waals surface area contributed by atoms with Gasteiger partial charge in [-0.05, 0) is 61.3 Å². The van der Waals surface area contributed by atoms with Gasteiger partial charge in [0.2, 0.25) is 0 Å². The maximum atomic E-state index is 11.4. The van der Waals surface area contributed by atoms with Crippen molar-refractivity contribution in [1.82, 2.24) is 9.88 Å². The number of hydrogen-bond donors (Lipinski definition) is 1. The predicted octanol–water partition coefficient (Wildman–Crippen LogP) is 4.75. The smallest absolute Gasteiger partial charge is 0.306 e. The Morgan fingerprint density at radius 1 is 1.06 bits per heavy atom. The second-order valence-electron chi connectivity index (χ2n) is 8.37. The van der Waals surface area contributed by atoms with Gasteiger partial charge in [-0.2, -0.15) is 0 Å². The Hall–Kier alpha value is -3.38. The Morgan fingerprint density at radius 2 is 1.82 bits per heavy atom. The minimum atomic E-state index is -0.697. The summed E-state index contributed by atoms with van der Waals surface area (Å²) in [4.78, 5) is 18.3. The quantitative estimate of drug-likeness (QED) is 0.511. The van der Waals surface area contributed by atoms with Crippen molar-refractivity contribution in [2.45, 2.75) is 31.9 Å². The van der Waals surface area contributed by atoms with E-state index in [1.165, 1.54) is 0 Å². The molecule has 0 aliphatic carbocycles. The summed E-state index contributed by atoms with van der Waals surface area (Å²) in [5.74, 6) is 0.429. The summed E-state index contributed by atoms with van der Waals surface area (Å²) in [6, 6.07) is 22.1. The normalized spacial score (nSPS) is 15.7. The zero-order valence-electron chi connectivity index (χ0n) is 18.9. The molecule has 172 valence electrons. The van der Waals surface area contributed by atoms with E-state index in [1.54, 1.807) is 7.11 Å². The highest BCUT2D eigenvalue weighted by molar-refractivity contribution is 5.70. The monoisotopic (exact) mass is 446 g/mol. The number of likely N-dealkylation sites (tertiary alicyclic amines) is 1. The zero-order valence-corrected chi connectivity index (χ0v) is 18.9. The number of carboxylic acids is 1. The number of hydrogen-bond acceptors (Lipinski definition) is 5. The molecule has 1 aromatic heterocycles. The van der Waals surface area contributed by atoms with E-state index in [2.05, 4.69) is 16.0 Å². The Labute approximate surface area is 194 Å². The highest BCUT2D eigenvalue weighted by atomic mass is 16.5. The van der Waals surface area contributed by atoms with Gasteiger partial charge in [-0.1, -0.05) is 42.5 Å². The molecule has 2 heterocycles. The number of methoxy groups -OCH3 is 1. The fraction of sp³-hybridized carbons (Fsp3) is 0.333. The fourth-order valence-electron chi connectivity index (χ4n) is 4.38. The lowest BCUT2D eigenvalue weighted by atomic mass is 9.92. The molecule has 3 aromatic rings. The van der Waals surface area contributed by atoms with Crippen molar-refractivity contribution in [2.75, 3.05) is 20.2 Å². The first-order chi connectivity index (χ1) is 16.1. The molecule has 4 rings (SSSR count). The van der Waals surface area contributed by atoms with Gasteiger partial charge < -0.3 is 14.6 Å². The number of aromatic nitrogens is 1. The minimum absolute atomic E-state index is 0.0757. The third-order valence-electron chi connectivity index (χ3n) is 6.26. The molecule has 1 fully saturated rings. The maximum Gasteiger partial charge on any atom is 0.306 e. The van der Waals surface area contributed by atoms with Gasteiger partial charge in [-0.3, -0.25) is 14.7 Å². The summed E-state index contributed by atoms with van der Waals surface area (Å²) < 4.78 is 11.7. The van der Waals surface area contributed by atoms with Gasteiger partial charge in [-0.25, -0.2) is 0 Å². The van der Waals surface area contributed by atoms with E-state index in [9.17, 15) is 9.90 Å². The average molecular weight is 447 g/mol. The molecule has 0 saturated carbocycles. The molecule has 2 aromatic carbocycles. The van der Waals surface area contributed by atoms with E-state index in [0.717, 1.165) is 36.3 Å². The highest BCUT2D eigenvalue weighted by Gasteiger charge is 2.30. The van der Waals surface area contributed by atoms with E-state index in [-0.39, 0.29) is 12.0 Å². The molecular formula is C27H30N2O4. The Bertz CT molecular complexity index is 1030. The van der Waals surface area contributed by atoms with Crippen LogP contribution >= 0.6 is 0 Å². The molecule has 0 amide bonds. The number of benzene rings is 2. The summed E-state index contributed by atoms with van der Waals surface area (Å²) in [6.45, 7) is 1.95. The van der Waals surface area contributed by atoms with E-state index < -0.39 is 5.97 Å². The number of pyridine rings is 1. The minimum Gasteiger partial charge on any atom is -0.493 e. The predicted molar refractivity (Wildman–Crippen MR) is 126 cm³/mol. The standard InChI is InChI=1S/C27H30N2O4/c1-32-26-17-22(10-11-25(26)33-19-20-7-3-2-4-8-20)24(18-23-9-5-6-14-28-23)29-15-12-21(13-16-29)27(30)31/h2-11,14,17,21,24H,12-13,15-16,18-19H2,1H3,(H,30,31). The van der Waals surface area contributed by atoms with Crippen LogP contribution in [0, 0.1) is 5.92 Å². The van der Waals surface area contributed by atoms with E-state index >= 15 is 0 Å². The first-order valence-electron chi connectivity index (χ1n) is 11.4. The highest BCUT2D eigenvalue weighted by Crippen LogP contribution is 2.35. The van der Waals surface area contributed by atoms with E-state index in [1.807, 2.05) is 66.9 Å². The Morgan fingerprint density at radius 3 is 2.48 bits per heavy atom. The lowest BCUT2D eigenvalue weighted by Gasteiger charge is -2.37. The van der Waals surface area contributed by atoms with E-state index in [4.69, 9.17) is 9.47 Å². The van der Waals surface area contributed by atoms with Crippen LogP contribution in [0.4, 0.5) is 0 Å². The molecular weight excluding hydrogens is 416 g/mol. The Kier molecular flexibility index (Phi) is 7.58. The summed E-state index contributed by atoms with van der Waals surface area (Å²) >= 11 is 0. The molecule has 1 unspecified atom stereocenters. The van der Waals surface area contributed by atoms with Gasteiger partial charge in [0.15, 0.2) is 11.5 Å². The fourth-order valence-corrected chi connectivity index (χ4v) is 4.38. The van der Waals surface area contributed by atoms with Crippen molar-refractivity contribution in [3.63, 3.8) is 0 Å². The zero-order chi connectivity index (χ0) is 23.0. The van der Waals surface area contributed by atoms with Crippen LogP contribution in [0.15, 0.2) is 72.9 Å². The molecule has 6 heteroatoms. The molecule has 1 aliphatic rings. The number of nitrogens with zero attached hydrogens (tertiary/aromatic N) is 2. The first kappa shape index (κ1) is 22.8. The number of aliphatic carboxylic acids is 1. The second kappa shape index (κ2) is 11.0. The van der Waals surface area contributed by atoms with Crippen LogP contribution in [0.1, 0.15) is 35.7 Å². The topological polar surface area (TPSA) is 71.9 Å². The second-order valence-corrected chi connectivity index (χ2v) is 8.37.